The fourth-order valence-electron chi connectivity index (χ4n) is 2.42. The van der Waals surface area contributed by atoms with Gasteiger partial charge in [0.05, 0.1) is 0 Å². The van der Waals surface area contributed by atoms with Crippen LogP contribution in [0.15, 0.2) is 18.5 Å². The van der Waals surface area contributed by atoms with Crippen molar-refractivity contribution in [2.75, 3.05) is 30.0 Å². The van der Waals surface area contributed by atoms with E-state index in [0.717, 1.165) is 13.1 Å². The summed E-state index contributed by atoms with van der Waals surface area (Å²) >= 11 is 2.06. The van der Waals surface area contributed by atoms with Gasteiger partial charge in [-0.1, -0.05) is 13.8 Å². The second-order valence-electron chi connectivity index (χ2n) is 5.66. The highest BCUT2D eigenvalue weighted by Crippen LogP contribution is 2.27. The molecule has 0 amide bonds. The Morgan fingerprint density at radius 1 is 1.53 bits per heavy atom. The van der Waals surface area contributed by atoms with Crippen LogP contribution in [0, 0.1) is 5.92 Å². The Labute approximate surface area is 121 Å². The minimum absolute atomic E-state index is 0.677. The van der Waals surface area contributed by atoms with E-state index in [0.29, 0.717) is 12.0 Å². The predicted molar refractivity (Wildman–Crippen MR) is 84.9 cm³/mol. The third kappa shape index (κ3) is 4.11. The van der Waals surface area contributed by atoms with Crippen LogP contribution in [0.25, 0.3) is 0 Å². The number of nitrogens with one attached hydrogen (secondary N) is 1. The zero-order chi connectivity index (χ0) is 13.7. The molecule has 1 aliphatic rings. The van der Waals surface area contributed by atoms with Crippen molar-refractivity contribution in [2.24, 2.45) is 5.92 Å². The number of thioether (sulfide) groups is 1. The molecule has 3 nitrogen and oxygen atoms in total. The van der Waals surface area contributed by atoms with Crippen molar-refractivity contribution in [3.05, 3.63) is 24.0 Å². The number of nitrogens with zero attached hydrogens (tertiary/aromatic N) is 2. The summed E-state index contributed by atoms with van der Waals surface area (Å²) in [6.07, 6.45) is 5.20. The molecule has 0 spiro atoms. The Morgan fingerprint density at radius 3 is 3.05 bits per heavy atom. The van der Waals surface area contributed by atoms with Gasteiger partial charge in [0.2, 0.25) is 0 Å². The SMILES string of the molecule is CC(C)CNCc1cnccc1N(C)C1CCSC1. The molecule has 0 saturated carbocycles. The van der Waals surface area contributed by atoms with E-state index in [1.807, 2.05) is 12.4 Å². The Hall–Kier alpha value is -0.740. The van der Waals surface area contributed by atoms with Crippen LogP contribution in [0.4, 0.5) is 5.69 Å². The highest BCUT2D eigenvalue weighted by molar-refractivity contribution is 7.99. The van der Waals surface area contributed by atoms with Gasteiger partial charge < -0.3 is 10.2 Å². The maximum Gasteiger partial charge on any atom is 0.0443 e. The second-order valence-corrected chi connectivity index (χ2v) is 6.81. The molecule has 1 unspecified atom stereocenters. The van der Waals surface area contributed by atoms with Crippen LogP contribution >= 0.6 is 11.8 Å². The molecule has 0 radical (unpaired) electrons. The Morgan fingerprint density at radius 2 is 2.37 bits per heavy atom. The molecule has 1 saturated heterocycles. The summed E-state index contributed by atoms with van der Waals surface area (Å²) in [7, 11) is 2.22. The molecule has 1 fully saturated rings. The lowest BCUT2D eigenvalue weighted by molar-refractivity contribution is 0.551. The first kappa shape index (κ1) is 14.7. The first-order chi connectivity index (χ1) is 9.18. The lowest BCUT2D eigenvalue weighted by Crippen LogP contribution is -2.32. The van der Waals surface area contributed by atoms with Gasteiger partial charge in [0, 0.05) is 49.0 Å². The van der Waals surface area contributed by atoms with Crippen molar-refractivity contribution in [1.82, 2.24) is 10.3 Å². The molecule has 0 bridgehead atoms. The molecule has 4 heteroatoms. The molecule has 0 aliphatic carbocycles. The molecular weight excluding hydrogens is 254 g/mol. The van der Waals surface area contributed by atoms with E-state index < -0.39 is 0 Å². The first-order valence-corrected chi connectivity index (χ1v) is 8.28. The number of hydrogen-bond acceptors (Lipinski definition) is 4. The minimum atomic E-state index is 0.677. The fourth-order valence-corrected chi connectivity index (χ4v) is 3.69. The number of hydrogen-bond donors (Lipinski definition) is 1. The molecule has 1 N–H and O–H groups in total. The molecular formula is C15H25N3S. The lowest BCUT2D eigenvalue weighted by atomic mass is 10.1. The third-order valence-corrected chi connectivity index (χ3v) is 4.72. The van der Waals surface area contributed by atoms with Gasteiger partial charge in [-0.15, -0.1) is 0 Å². The molecule has 2 heterocycles. The van der Waals surface area contributed by atoms with Crippen molar-refractivity contribution >= 4 is 17.4 Å². The van der Waals surface area contributed by atoms with Gasteiger partial charge >= 0.3 is 0 Å². The fraction of sp³-hybridized carbons (Fsp3) is 0.667. The average molecular weight is 279 g/mol. The number of aromatic nitrogens is 1. The van der Waals surface area contributed by atoms with Crippen molar-refractivity contribution in [3.8, 4) is 0 Å². The van der Waals surface area contributed by atoms with Gasteiger partial charge in [0.15, 0.2) is 0 Å². The first-order valence-electron chi connectivity index (χ1n) is 7.12. The highest BCUT2D eigenvalue weighted by atomic mass is 32.2. The molecule has 0 aromatic carbocycles. The summed E-state index contributed by atoms with van der Waals surface area (Å²) in [6.45, 7) is 6.43. The quantitative estimate of drug-likeness (QED) is 0.867. The highest BCUT2D eigenvalue weighted by Gasteiger charge is 2.21. The molecule has 1 aromatic rings. The summed E-state index contributed by atoms with van der Waals surface area (Å²) in [5.74, 6) is 3.22. The van der Waals surface area contributed by atoms with Crippen LogP contribution in [-0.2, 0) is 6.54 Å². The summed E-state index contributed by atoms with van der Waals surface area (Å²) in [5, 5.41) is 3.52. The van der Waals surface area contributed by atoms with E-state index >= 15 is 0 Å². The molecule has 1 atom stereocenters. The predicted octanol–water partition coefficient (Wildman–Crippen LogP) is 2.77. The van der Waals surface area contributed by atoms with E-state index in [1.165, 1.54) is 29.2 Å². The number of rotatable bonds is 6. The van der Waals surface area contributed by atoms with E-state index in [2.05, 4.69) is 53.9 Å². The van der Waals surface area contributed by atoms with Crippen molar-refractivity contribution < 1.29 is 0 Å². The van der Waals surface area contributed by atoms with Crippen molar-refractivity contribution in [1.29, 1.82) is 0 Å². The summed E-state index contributed by atoms with van der Waals surface area (Å²) in [5.41, 5.74) is 2.64. The van der Waals surface area contributed by atoms with Crippen LogP contribution in [-0.4, -0.2) is 36.1 Å². The van der Waals surface area contributed by atoms with Gasteiger partial charge in [0.25, 0.3) is 0 Å². The Balaban J connectivity index is 2.02. The van der Waals surface area contributed by atoms with Crippen molar-refractivity contribution in [3.63, 3.8) is 0 Å². The Bertz CT molecular complexity index is 389. The molecule has 19 heavy (non-hydrogen) atoms. The van der Waals surface area contributed by atoms with Gasteiger partial charge in [-0.3, -0.25) is 4.98 Å². The van der Waals surface area contributed by atoms with Crippen LogP contribution in [0.5, 0.6) is 0 Å². The lowest BCUT2D eigenvalue weighted by Gasteiger charge is -2.28. The topological polar surface area (TPSA) is 28.2 Å². The normalized spacial score (nSPS) is 19.1. The third-order valence-electron chi connectivity index (χ3n) is 3.58. The number of pyridine rings is 1. The number of anilines is 1. The molecule has 1 aromatic heterocycles. The minimum Gasteiger partial charge on any atom is -0.370 e. The van der Waals surface area contributed by atoms with E-state index in [9.17, 15) is 0 Å². The summed E-state index contributed by atoms with van der Waals surface area (Å²) < 4.78 is 0. The molecule has 106 valence electrons. The van der Waals surface area contributed by atoms with Gasteiger partial charge in [0.1, 0.15) is 0 Å². The standard InChI is InChI=1S/C15H25N3S/c1-12(2)8-17-10-13-9-16-6-4-15(13)18(3)14-5-7-19-11-14/h4,6,9,12,14,17H,5,7-8,10-11H2,1-3H3. The maximum atomic E-state index is 4.28. The van der Waals surface area contributed by atoms with Crippen LogP contribution in [0.1, 0.15) is 25.8 Å². The summed E-state index contributed by atoms with van der Waals surface area (Å²) in [6, 6.07) is 2.83. The zero-order valence-corrected chi connectivity index (χ0v) is 13.0. The summed E-state index contributed by atoms with van der Waals surface area (Å²) in [4.78, 5) is 6.72. The molecule has 1 aliphatic heterocycles. The van der Waals surface area contributed by atoms with Crippen LogP contribution in [0.2, 0.25) is 0 Å². The van der Waals surface area contributed by atoms with Gasteiger partial charge in [-0.25, -0.2) is 0 Å². The van der Waals surface area contributed by atoms with Crippen LogP contribution in [0.3, 0.4) is 0 Å². The van der Waals surface area contributed by atoms with E-state index in [-0.39, 0.29) is 0 Å². The largest absolute Gasteiger partial charge is 0.370 e. The van der Waals surface area contributed by atoms with Gasteiger partial charge in [-0.2, -0.15) is 11.8 Å². The Kier molecular flexibility index (Phi) is 5.52. The van der Waals surface area contributed by atoms with Gasteiger partial charge in [-0.05, 0) is 30.7 Å². The smallest absolute Gasteiger partial charge is 0.0443 e. The maximum absolute atomic E-state index is 4.28. The monoisotopic (exact) mass is 279 g/mol. The van der Waals surface area contributed by atoms with E-state index in [1.54, 1.807) is 0 Å². The average Bonchev–Trinajstić information content (AvgIpc) is 2.92. The molecule has 2 rings (SSSR count). The van der Waals surface area contributed by atoms with Crippen molar-refractivity contribution in [2.45, 2.75) is 32.9 Å². The van der Waals surface area contributed by atoms with E-state index in [4.69, 9.17) is 0 Å². The second kappa shape index (κ2) is 7.15. The van der Waals surface area contributed by atoms with Crippen LogP contribution < -0.4 is 10.2 Å². The zero-order valence-electron chi connectivity index (χ0n) is 12.2.